The molecule has 22 heavy (non-hydrogen) atoms. The average molecular weight is 303 g/mol. The quantitative estimate of drug-likeness (QED) is 0.794. The van der Waals surface area contributed by atoms with Gasteiger partial charge in [0.15, 0.2) is 0 Å². The number of Topliss-reactive ketones (excluding diaryl/α,β-unsaturated/α-hetero) is 1. The number of hydrogen-bond acceptors (Lipinski definition) is 4. The van der Waals surface area contributed by atoms with E-state index in [0.29, 0.717) is 17.8 Å². The zero-order chi connectivity index (χ0) is 16.3. The number of rotatable bonds is 6. The Hall–Kier alpha value is -2.21. The van der Waals surface area contributed by atoms with E-state index in [1.54, 1.807) is 24.1 Å². The maximum Gasteiger partial charge on any atom is 0.300 e. The fraction of sp³-hybridized carbons (Fsp3) is 0.438. The van der Waals surface area contributed by atoms with Gasteiger partial charge < -0.3 is 5.32 Å². The van der Waals surface area contributed by atoms with Crippen LogP contribution in [-0.2, 0) is 9.59 Å². The van der Waals surface area contributed by atoms with Crippen LogP contribution < -0.4 is 10.2 Å². The standard InChI is InChI=1S/C16H21N3O3/c1-4-7-17-14(20)9-18(3)10-19-13-6-5-11(2)8-12(13)15(21)16(19)22/h5-6,8H,4,7,9-10H2,1-3H3,(H,17,20). The zero-order valence-corrected chi connectivity index (χ0v) is 13.2. The molecule has 0 aliphatic carbocycles. The fourth-order valence-electron chi connectivity index (χ4n) is 2.41. The number of nitrogens with one attached hydrogen (secondary N) is 1. The van der Waals surface area contributed by atoms with Crippen LogP contribution in [0.1, 0.15) is 29.3 Å². The Kier molecular flexibility index (Phi) is 4.92. The molecule has 6 nitrogen and oxygen atoms in total. The number of anilines is 1. The van der Waals surface area contributed by atoms with Crippen molar-refractivity contribution in [1.82, 2.24) is 10.2 Å². The second-order valence-corrected chi connectivity index (χ2v) is 5.59. The predicted molar refractivity (Wildman–Crippen MR) is 83.8 cm³/mol. The Morgan fingerprint density at radius 3 is 2.73 bits per heavy atom. The van der Waals surface area contributed by atoms with Crippen molar-refractivity contribution in [3.05, 3.63) is 29.3 Å². The molecule has 1 N–H and O–H groups in total. The van der Waals surface area contributed by atoms with Gasteiger partial charge in [-0.05, 0) is 32.5 Å². The van der Waals surface area contributed by atoms with Gasteiger partial charge in [-0.3, -0.25) is 24.2 Å². The highest BCUT2D eigenvalue weighted by Gasteiger charge is 2.36. The summed E-state index contributed by atoms with van der Waals surface area (Å²) < 4.78 is 0. The minimum atomic E-state index is -0.540. The second kappa shape index (κ2) is 6.70. The molecule has 1 aliphatic heterocycles. The van der Waals surface area contributed by atoms with Crippen LogP contribution in [0.5, 0.6) is 0 Å². The number of hydrogen-bond donors (Lipinski definition) is 1. The molecule has 0 bridgehead atoms. The Morgan fingerprint density at radius 1 is 1.32 bits per heavy atom. The number of amides is 2. The van der Waals surface area contributed by atoms with Crippen molar-refractivity contribution in [2.45, 2.75) is 20.3 Å². The number of benzene rings is 1. The summed E-state index contributed by atoms with van der Waals surface area (Å²) in [5.41, 5.74) is 1.99. The predicted octanol–water partition coefficient (Wildman–Crippen LogP) is 0.940. The van der Waals surface area contributed by atoms with Gasteiger partial charge in [0, 0.05) is 6.54 Å². The molecule has 0 spiro atoms. The molecular formula is C16H21N3O3. The molecule has 1 heterocycles. The van der Waals surface area contributed by atoms with Crippen LogP contribution >= 0.6 is 0 Å². The third kappa shape index (κ3) is 3.33. The smallest absolute Gasteiger partial charge is 0.300 e. The highest BCUT2D eigenvalue weighted by molar-refractivity contribution is 6.52. The molecule has 118 valence electrons. The number of ketones is 1. The van der Waals surface area contributed by atoms with E-state index in [2.05, 4.69) is 5.32 Å². The lowest BCUT2D eigenvalue weighted by molar-refractivity contribution is -0.122. The first-order valence-corrected chi connectivity index (χ1v) is 7.36. The summed E-state index contributed by atoms with van der Waals surface area (Å²) in [5, 5.41) is 2.78. The lowest BCUT2D eigenvalue weighted by Crippen LogP contribution is -2.43. The summed E-state index contributed by atoms with van der Waals surface area (Å²) in [5.74, 6) is -1.12. The fourth-order valence-corrected chi connectivity index (χ4v) is 2.41. The highest BCUT2D eigenvalue weighted by Crippen LogP contribution is 2.29. The summed E-state index contributed by atoms with van der Waals surface area (Å²) in [4.78, 5) is 39.0. The molecule has 0 unspecified atom stereocenters. The minimum Gasteiger partial charge on any atom is -0.355 e. The average Bonchev–Trinajstić information content (AvgIpc) is 2.70. The van der Waals surface area contributed by atoms with E-state index in [4.69, 9.17) is 0 Å². The first-order valence-electron chi connectivity index (χ1n) is 7.36. The Morgan fingerprint density at radius 2 is 2.05 bits per heavy atom. The molecule has 1 aliphatic rings. The van der Waals surface area contributed by atoms with Gasteiger partial charge in [0.05, 0.1) is 24.5 Å². The Bertz CT molecular complexity index is 613. The summed E-state index contributed by atoms with van der Waals surface area (Å²) in [6.07, 6.45) is 0.876. The van der Waals surface area contributed by atoms with Crippen LogP contribution in [0.15, 0.2) is 18.2 Å². The van der Waals surface area contributed by atoms with Crippen LogP contribution in [0.3, 0.4) is 0 Å². The van der Waals surface area contributed by atoms with E-state index in [0.717, 1.165) is 12.0 Å². The van der Waals surface area contributed by atoms with Crippen LogP contribution in [-0.4, -0.2) is 49.3 Å². The molecule has 0 saturated heterocycles. The SMILES string of the molecule is CCCNC(=O)CN(C)CN1C(=O)C(=O)c2cc(C)ccc21. The van der Waals surface area contributed by atoms with Crippen molar-refractivity contribution in [3.63, 3.8) is 0 Å². The van der Waals surface area contributed by atoms with Crippen molar-refractivity contribution < 1.29 is 14.4 Å². The second-order valence-electron chi connectivity index (χ2n) is 5.59. The molecule has 2 rings (SSSR count). The number of likely N-dealkylation sites (N-methyl/N-ethyl adjacent to an activating group) is 1. The third-order valence-electron chi connectivity index (χ3n) is 3.50. The van der Waals surface area contributed by atoms with Crippen molar-refractivity contribution >= 4 is 23.3 Å². The van der Waals surface area contributed by atoms with Gasteiger partial charge in [-0.25, -0.2) is 0 Å². The monoisotopic (exact) mass is 303 g/mol. The van der Waals surface area contributed by atoms with E-state index in [-0.39, 0.29) is 19.1 Å². The lowest BCUT2D eigenvalue weighted by atomic mass is 10.1. The molecular weight excluding hydrogens is 282 g/mol. The van der Waals surface area contributed by atoms with Crippen LogP contribution in [0, 0.1) is 6.92 Å². The van der Waals surface area contributed by atoms with Gasteiger partial charge in [0.2, 0.25) is 5.91 Å². The van der Waals surface area contributed by atoms with Gasteiger partial charge >= 0.3 is 5.91 Å². The van der Waals surface area contributed by atoms with Crippen LogP contribution in [0.4, 0.5) is 5.69 Å². The molecule has 6 heteroatoms. The van der Waals surface area contributed by atoms with Gasteiger partial charge in [-0.15, -0.1) is 0 Å². The van der Waals surface area contributed by atoms with E-state index >= 15 is 0 Å². The van der Waals surface area contributed by atoms with E-state index in [1.807, 2.05) is 19.9 Å². The first-order chi connectivity index (χ1) is 10.4. The molecule has 1 aromatic carbocycles. The number of aryl methyl sites for hydroxylation is 1. The van der Waals surface area contributed by atoms with Crippen molar-refractivity contribution in [3.8, 4) is 0 Å². The van der Waals surface area contributed by atoms with Gasteiger partial charge in [-0.1, -0.05) is 18.6 Å². The number of fused-ring (bicyclic) bond motifs is 1. The minimum absolute atomic E-state index is 0.0912. The van der Waals surface area contributed by atoms with Gasteiger partial charge in [-0.2, -0.15) is 0 Å². The Balaban J connectivity index is 2.06. The van der Waals surface area contributed by atoms with E-state index < -0.39 is 11.7 Å². The number of nitrogens with zero attached hydrogens (tertiary/aromatic N) is 2. The van der Waals surface area contributed by atoms with Gasteiger partial charge in [0.25, 0.3) is 5.78 Å². The maximum atomic E-state index is 12.1. The zero-order valence-electron chi connectivity index (χ0n) is 13.2. The summed E-state index contributed by atoms with van der Waals surface area (Å²) in [6.45, 7) is 4.89. The van der Waals surface area contributed by atoms with Gasteiger partial charge in [0.1, 0.15) is 0 Å². The highest BCUT2D eigenvalue weighted by atomic mass is 16.2. The molecule has 1 aromatic rings. The molecule has 0 saturated carbocycles. The van der Waals surface area contributed by atoms with Crippen LogP contribution in [0.25, 0.3) is 0 Å². The topological polar surface area (TPSA) is 69.7 Å². The summed E-state index contributed by atoms with van der Waals surface area (Å²) in [6, 6.07) is 5.37. The third-order valence-corrected chi connectivity index (χ3v) is 3.50. The molecule has 0 atom stereocenters. The van der Waals surface area contributed by atoms with E-state index in [1.165, 1.54) is 4.90 Å². The maximum absolute atomic E-state index is 12.1. The lowest BCUT2D eigenvalue weighted by Gasteiger charge is -2.24. The first kappa shape index (κ1) is 16.2. The largest absolute Gasteiger partial charge is 0.355 e. The summed E-state index contributed by atoms with van der Waals surface area (Å²) in [7, 11) is 1.75. The number of carbonyl (C=O) groups is 3. The van der Waals surface area contributed by atoms with Crippen molar-refractivity contribution in [2.24, 2.45) is 0 Å². The Labute approximate surface area is 130 Å². The molecule has 0 radical (unpaired) electrons. The molecule has 2 amide bonds. The van der Waals surface area contributed by atoms with Crippen LogP contribution in [0.2, 0.25) is 0 Å². The molecule has 0 aromatic heterocycles. The van der Waals surface area contributed by atoms with E-state index in [9.17, 15) is 14.4 Å². The number of carbonyl (C=O) groups excluding carboxylic acids is 3. The van der Waals surface area contributed by atoms with Crippen molar-refractivity contribution in [2.75, 3.05) is 31.7 Å². The molecule has 0 fully saturated rings. The summed E-state index contributed by atoms with van der Waals surface area (Å²) >= 11 is 0. The normalized spacial score (nSPS) is 13.7. The van der Waals surface area contributed by atoms with Crippen molar-refractivity contribution in [1.29, 1.82) is 0 Å².